The molecular formula is C20H24FN7O2. The van der Waals surface area contributed by atoms with Crippen molar-refractivity contribution >= 4 is 28.9 Å². The van der Waals surface area contributed by atoms with Gasteiger partial charge in [0, 0.05) is 25.4 Å². The van der Waals surface area contributed by atoms with Gasteiger partial charge in [0.25, 0.3) is 11.5 Å². The van der Waals surface area contributed by atoms with Gasteiger partial charge in [-0.3, -0.25) is 9.59 Å². The van der Waals surface area contributed by atoms with Crippen molar-refractivity contribution in [3.8, 4) is 0 Å². The highest BCUT2D eigenvalue weighted by Crippen LogP contribution is 2.25. The molecule has 3 heterocycles. The van der Waals surface area contributed by atoms with E-state index in [2.05, 4.69) is 26.0 Å². The highest BCUT2D eigenvalue weighted by molar-refractivity contribution is 6.00. The highest BCUT2D eigenvalue weighted by Gasteiger charge is 2.33. The van der Waals surface area contributed by atoms with Crippen LogP contribution in [0, 0.1) is 0 Å². The first-order valence-electron chi connectivity index (χ1n) is 9.88. The molecule has 9 nitrogen and oxygen atoms in total. The van der Waals surface area contributed by atoms with Gasteiger partial charge >= 0.3 is 0 Å². The molecule has 0 radical (unpaired) electrons. The van der Waals surface area contributed by atoms with Crippen molar-refractivity contribution in [2.24, 2.45) is 0 Å². The lowest BCUT2D eigenvalue weighted by molar-refractivity contribution is 0.0826. The van der Waals surface area contributed by atoms with Gasteiger partial charge in [-0.15, -0.1) is 0 Å². The average molecular weight is 413 g/mol. The zero-order valence-corrected chi connectivity index (χ0v) is 17.0. The van der Waals surface area contributed by atoms with E-state index in [1.165, 1.54) is 10.7 Å². The molecule has 3 N–H and O–H groups in total. The molecule has 158 valence electrons. The Labute approximate surface area is 172 Å². The van der Waals surface area contributed by atoms with Crippen molar-refractivity contribution < 1.29 is 9.18 Å². The number of rotatable bonds is 6. The van der Waals surface area contributed by atoms with Crippen LogP contribution in [0.15, 0.2) is 35.4 Å². The van der Waals surface area contributed by atoms with Crippen molar-refractivity contribution in [1.82, 2.24) is 24.5 Å². The Bertz CT molecular complexity index is 1150. The number of alkyl halides is 1. The van der Waals surface area contributed by atoms with E-state index in [0.29, 0.717) is 35.8 Å². The van der Waals surface area contributed by atoms with E-state index in [1.54, 1.807) is 36.0 Å². The van der Waals surface area contributed by atoms with Crippen LogP contribution in [0.3, 0.4) is 0 Å². The minimum Gasteiger partial charge on any atom is -0.373 e. The van der Waals surface area contributed by atoms with Crippen LogP contribution >= 0.6 is 0 Å². The molecule has 2 atom stereocenters. The summed E-state index contributed by atoms with van der Waals surface area (Å²) in [7, 11) is 1.72. The largest absolute Gasteiger partial charge is 0.373 e. The second-order valence-corrected chi connectivity index (χ2v) is 7.60. The lowest BCUT2D eigenvalue weighted by Crippen LogP contribution is -2.48. The van der Waals surface area contributed by atoms with E-state index in [1.807, 2.05) is 13.8 Å². The summed E-state index contributed by atoms with van der Waals surface area (Å²) in [5.41, 5.74) is 0.731. The van der Waals surface area contributed by atoms with Crippen molar-refractivity contribution in [1.29, 1.82) is 0 Å². The van der Waals surface area contributed by atoms with Gasteiger partial charge in [0.15, 0.2) is 5.65 Å². The minimum absolute atomic E-state index is 0.0125. The van der Waals surface area contributed by atoms with Crippen LogP contribution in [0.25, 0.3) is 5.65 Å². The molecule has 0 aliphatic heterocycles. The van der Waals surface area contributed by atoms with Crippen LogP contribution in [0.5, 0.6) is 0 Å². The van der Waals surface area contributed by atoms with Crippen LogP contribution in [-0.2, 0) is 0 Å². The van der Waals surface area contributed by atoms with Gasteiger partial charge in [0.05, 0.1) is 12.2 Å². The lowest BCUT2D eigenvalue weighted by atomic mass is 9.90. The van der Waals surface area contributed by atoms with Gasteiger partial charge in [0.2, 0.25) is 0 Å². The number of pyridine rings is 1. The van der Waals surface area contributed by atoms with Crippen LogP contribution < -0.4 is 21.5 Å². The number of nitrogens with zero attached hydrogens (tertiary/aromatic N) is 4. The van der Waals surface area contributed by atoms with Gasteiger partial charge in [0.1, 0.15) is 29.1 Å². The molecule has 3 aromatic heterocycles. The predicted molar refractivity (Wildman–Crippen MR) is 112 cm³/mol. The number of nitrogens with one attached hydrogen (secondary N) is 3. The first kappa shape index (κ1) is 19.9. The number of hydrogen-bond donors (Lipinski definition) is 3. The Morgan fingerprint density at radius 1 is 1.33 bits per heavy atom. The molecular weight excluding hydrogens is 389 g/mol. The molecule has 1 aliphatic carbocycles. The predicted octanol–water partition coefficient (Wildman–Crippen LogP) is 2.49. The van der Waals surface area contributed by atoms with Crippen LogP contribution in [0.2, 0.25) is 0 Å². The van der Waals surface area contributed by atoms with Crippen molar-refractivity contribution in [3.63, 3.8) is 0 Å². The number of hydrogen-bond acceptors (Lipinski definition) is 6. The van der Waals surface area contributed by atoms with E-state index in [0.717, 1.165) is 0 Å². The number of amides is 1. The number of anilines is 3. The molecule has 0 aromatic carbocycles. The SMILES string of the molecule is CNc1cc(Nc2cccn(C(C)C)c2=O)nc2c(C(=O)NC3CC[C@H]3F)cnn12. The van der Waals surface area contributed by atoms with Crippen LogP contribution in [-0.4, -0.2) is 44.3 Å². The Morgan fingerprint density at radius 2 is 2.13 bits per heavy atom. The van der Waals surface area contributed by atoms with Gasteiger partial charge in [-0.25, -0.2) is 9.37 Å². The summed E-state index contributed by atoms with van der Waals surface area (Å²) in [6.07, 6.45) is 3.19. The third-order valence-electron chi connectivity index (χ3n) is 5.27. The number of aromatic nitrogens is 4. The highest BCUT2D eigenvalue weighted by atomic mass is 19.1. The quantitative estimate of drug-likeness (QED) is 0.573. The number of carbonyl (C=O) groups is 1. The molecule has 1 unspecified atom stereocenters. The standard InChI is InChI=1S/C20H24FN7O2/c1-11(2)27-8-4-5-15(20(27)30)24-16-9-17(22-3)28-18(26-16)12(10-23-28)19(29)25-14-7-6-13(14)21/h4-5,8-11,13-14,22H,6-7H2,1-3H3,(H,24,26)(H,25,29)/t13-,14?/m1/s1. The lowest BCUT2D eigenvalue weighted by Gasteiger charge is -2.30. The Hall–Kier alpha value is -3.43. The normalized spacial score (nSPS) is 18.3. The summed E-state index contributed by atoms with van der Waals surface area (Å²) in [6.45, 7) is 3.85. The zero-order valence-electron chi connectivity index (χ0n) is 17.0. The molecule has 4 rings (SSSR count). The number of fused-ring (bicyclic) bond motifs is 1. The monoisotopic (exact) mass is 413 g/mol. The average Bonchev–Trinajstić information content (AvgIpc) is 3.15. The first-order chi connectivity index (χ1) is 14.4. The van der Waals surface area contributed by atoms with E-state index in [-0.39, 0.29) is 17.2 Å². The van der Waals surface area contributed by atoms with Gasteiger partial charge in [-0.1, -0.05) is 0 Å². The van der Waals surface area contributed by atoms with Crippen molar-refractivity contribution in [2.45, 2.75) is 44.9 Å². The molecule has 0 spiro atoms. The fourth-order valence-electron chi connectivity index (χ4n) is 3.38. The zero-order chi connectivity index (χ0) is 21.4. The first-order valence-corrected chi connectivity index (χ1v) is 9.88. The van der Waals surface area contributed by atoms with Gasteiger partial charge in [-0.2, -0.15) is 9.61 Å². The Kier molecular flexibility index (Phi) is 5.15. The maximum atomic E-state index is 13.5. The fourth-order valence-corrected chi connectivity index (χ4v) is 3.38. The van der Waals surface area contributed by atoms with Crippen molar-refractivity contribution in [3.05, 3.63) is 46.5 Å². The van der Waals surface area contributed by atoms with E-state index in [9.17, 15) is 14.0 Å². The molecule has 3 aromatic rings. The number of carbonyl (C=O) groups excluding carboxylic acids is 1. The van der Waals surface area contributed by atoms with E-state index >= 15 is 0 Å². The van der Waals surface area contributed by atoms with Crippen molar-refractivity contribution in [2.75, 3.05) is 17.7 Å². The molecule has 1 saturated carbocycles. The Morgan fingerprint density at radius 3 is 2.77 bits per heavy atom. The molecule has 10 heteroatoms. The third kappa shape index (κ3) is 3.49. The number of halogens is 1. The summed E-state index contributed by atoms with van der Waals surface area (Å²) >= 11 is 0. The third-order valence-corrected chi connectivity index (χ3v) is 5.27. The summed E-state index contributed by atoms with van der Waals surface area (Å²) in [6, 6.07) is 4.69. The Balaban J connectivity index is 1.70. The summed E-state index contributed by atoms with van der Waals surface area (Å²) in [4.78, 5) is 29.8. The minimum atomic E-state index is -1.02. The van der Waals surface area contributed by atoms with Crippen LogP contribution in [0.4, 0.5) is 21.7 Å². The smallest absolute Gasteiger partial charge is 0.274 e. The maximum Gasteiger partial charge on any atom is 0.274 e. The van der Waals surface area contributed by atoms with E-state index in [4.69, 9.17) is 0 Å². The van der Waals surface area contributed by atoms with Gasteiger partial charge in [-0.05, 0) is 38.8 Å². The topological polar surface area (TPSA) is 105 Å². The molecule has 1 amide bonds. The molecule has 1 aliphatic rings. The summed E-state index contributed by atoms with van der Waals surface area (Å²) in [5, 5.41) is 13.0. The fraction of sp³-hybridized carbons (Fsp3) is 0.400. The summed E-state index contributed by atoms with van der Waals surface area (Å²) in [5.74, 6) is 0.534. The maximum absolute atomic E-state index is 13.5. The summed E-state index contributed by atoms with van der Waals surface area (Å²) < 4.78 is 16.7. The van der Waals surface area contributed by atoms with Crippen LogP contribution in [0.1, 0.15) is 43.1 Å². The molecule has 1 fully saturated rings. The molecule has 0 saturated heterocycles. The van der Waals surface area contributed by atoms with E-state index < -0.39 is 18.1 Å². The second kappa shape index (κ2) is 7.77. The van der Waals surface area contributed by atoms with Gasteiger partial charge < -0.3 is 20.5 Å². The molecule has 30 heavy (non-hydrogen) atoms. The second-order valence-electron chi connectivity index (χ2n) is 7.60. The molecule has 0 bridgehead atoms.